The number of nitrogens with one attached hydrogen (secondary N) is 2. The van der Waals surface area contributed by atoms with Crippen LogP contribution in [0.2, 0.25) is 0 Å². The van der Waals surface area contributed by atoms with E-state index >= 15 is 0 Å². The molecule has 0 bridgehead atoms. The van der Waals surface area contributed by atoms with Crippen LogP contribution in [-0.2, 0) is 9.59 Å². The predicted molar refractivity (Wildman–Crippen MR) is 108 cm³/mol. The molecule has 150 valence electrons. The zero-order chi connectivity index (χ0) is 20.1. The van der Waals surface area contributed by atoms with Crippen LogP contribution in [0, 0.1) is 31.6 Å². The number of aromatic nitrogens is 2. The van der Waals surface area contributed by atoms with E-state index in [9.17, 15) is 9.59 Å². The number of Topliss-reactive ketones (excluding diaryl/α,β-unsaturated/α-hetero) is 1. The van der Waals surface area contributed by atoms with Crippen molar-refractivity contribution in [3.05, 3.63) is 53.3 Å². The predicted octanol–water partition coefficient (Wildman–Crippen LogP) is 1.87. The van der Waals surface area contributed by atoms with E-state index in [0.29, 0.717) is 18.9 Å². The molecule has 3 heterocycles. The van der Waals surface area contributed by atoms with Crippen molar-refractivity contribution in [2.24, 2.45) is 17.8 Å². The van der Waals surface area contributed by atoms with E-state index in [1.165, 1.54) is 10.6 Å². The fourth-order valence-electron chi connectivity index (χ4n) is 5.25. The van der Waals surface area contributed by atoms with Crippen LogP contribution in [0.5, 0.6) is 0 Å². The number of rotatable bonds is 2. The number of ketones is 1. The van der Waals surface area contributed by atoms with Crippen LogP contribution < -0.4 is 15.8 Å². The van der Waals surface area contributed by atoms with Crippen molar-refractivity contribution in [2.45, 2.75) is 38.8 Å². The molecule has 3 aliphatic rings. The van der Waals surface area contributed by atoms with E-state index in [1.807, 2.05) is 38.1 Å². The minimum atomic E-state index is -0.298. The quantitative estimate of drug-likeness (QED) is 0.813. The monoisotopic (exact) mass is 391 g/mol. The Labute approximate surface area is 169 Å². The van der Waals surface area contributed by atoms with Crippen molar-refractivity contribution in [3.8, 4) is 0 Å². The Morgan fingerprint density at radius 2 is 1.79 bits per heavy atom. The first-order valence-corrected chi connectivity index (χ1v) is 10.2. The van der Waals surface area contributed by atoms with Gasteiger partial charge in [-0.3, -0.25) is 14.9 Å². The molecule has 2 aliphatic heterocycles. The maximum Gasteiger partial charge on any atom is 0.250 e. The summed E-state index contributed by atoms with van der Waals surface area (Å²) in [6.07, 6.45) is 1.20. The van der Waals surface area contributed by atoms with Gasteiger partial charge in [0, 0.05) is 30.3 Å². The van der Waals surface area contributed by atoms with Gasteiger partial charge in [0.2, 0.25) is 11.9 Å². The molecular weight excluding hydrogens is 366 g/mol. The molecule has 3 fully saturated rings. The topological polar surface area (TPSA) is 87.2 Å². The lowest BCUT2D eigenvalue weighted by molar-refractivity contribution is -0.133. The van der Waals surface area contributed by atoms with Crippen LogP contribution in [0.15, 0.2) is 36.4 Å². The Hall–Kier alpha value is -2.64. The van der Waals surface area contributed by atoms with Gasteiger partial charge in [-0.1, -0.05) is 30.3 Å². The Kier molecular flexibility index (Phi) is 4.44. The second-order valence-corrected chi connectivity index (χ2v) is 8.45. The van der Waals surface area contributed by atoms with Crippen molar-refractivity contribution in [1.29, 1.82) is 0 Å². The molecule has 1 aromatic heterocycles. The van der Waals surface area contributed by atoms with E-state index in [-0.39, 0.29) is 41.5 Å². The van der Waals surface area contributed by atoms with Crippen LogP contribution in [-0.4, -0.2) is 34.4 Å². The number of hydrogen-bond acceptors (Lipinski definition) is 6. The molecule has 5 unspecified atom stereocenters. The second kappa shape index (κ2) is 7.00. The first-order valence-electron chi connectivity index (χ1n) is 10.2. The maximum atomic E-state index is 13.4. The van der Waals surface area contributed by atoms with Crippen LogP contribution in [0.4, 0.5) is 5.95 Å². The van der Waals surface area contributed by atoms with Gasteiger partial charge in [-0.25, -0.2) is 20.4 Å². The molecule has 1 saturated carbocycles. The smallest absolute Gasteiger partial charge is 0.250 e. The lowest BCUT2D eigenvalue weighted by atomic mass is 9.64. The molecule has 5 rings (SSSR count). The third-order valence-electron chi connectivity index (χ3n) is 6.53. The van der Waals surface area contributed by atoms with E-state index in [4.69, 9.17) is 0 Å². The third kappa shape index (κ3) is 3.14. The largest absolute Gasteiger partial charge is 0.299 e. The van der Waals surface area contributed by atoms with Crippen molar-refractivity contribution in [1.82, 2.24) is 20.7 Å². The maximum absolute atomic E-state index is 13.4. The molecular formula is C22H25N5O2. The third-order valence-corrected chi connectivity index (χ3v) is 6.53. The number of amides is 1. The number of hydrazine groups is 1. The average Bonchev–Trinajstić information content (AvgIpc) is 3.05. The standard InChI is InChI=1S/C22H25N5O2/c1-12-8-13(2)25-22(24-12)27-21(29)19-16-9-15(14-6-4-3-5-7-14)10-18(28)17(16)11-23-20(19)26-27/h3-8,15-17,19-20,23,26H,9-11H2,1-2H3. The Morgan fingerprint density at radius 1 is 1.07 bits per heavy atom. The van der Waals surface area contributed by atoms with Gasteiger partial charge in [-0.2, -0.15) is 0 Å². The fourth-order valence-corrected chi connectivity index (χ4v) is 5.25. The molecule has 0 radical (unpaired) electrons. The van der Waals surface area contributed by atoms with Gasteiger partial charge in [0.05, 0.1) is 12.1 Å². The number of anilines is 1. The Morgan fingerprint density at radius 3 is 2.52 bits per heavy atom. The molecule has 2 saturated heterocycles. The number of nitrogens with zero attached hydrogens (tertiary/aromatic N) is 3. The summed E-state index contributed by atoms with van der Waals surface area (Å²) in [5.41, 5.74) is 6.07. The molecule has 1 aromatic carbocycles. The summed E-state index contributed by atoms with van der Waals surface area (Å²) in [6, 6.07) is 12.1. The Balaban J connectivity index is 1.45. The summed E-state index contributed by atoms with van der Waals surface area (Å²) in [5.74, 6) is 0.364. The zero-order valence-electron chi connectivity index (χ0n) is 16.6. The minimum absolute atomic E-state index is 0.0172. The number of piperidine rings is 1. The highest BCUT2D eigenvalue weighted by atomic mass is 16.2. The van der Waals surface area contributed by atoms with Crippen molar-refractivity contribution < 1.29 is 9.59 Å². The number of fused-ring (bicyclic) bond motifs is 3. The first-order chi connectivity index (χ1) is 14.0. The lowest BCUT2D eigenvalue weighted by Gasteiger charge is -2.43. The number of carbonyl (C=O) groups excluding carboxylic acids is 2. The molecule has 0 spiro atoms. The van der Waals surface area contributed by atoms with Gasteiger partial charge < -0.3 is 0 Å². The summed E-state index contributed by atoms with van der Waals surface area (Å²) in [5, 5.41) is 4.85. The van der Waals surface area contributed by atoms with Gasteiger partial charge in [-0.05, 0) is 43.7 Å². The summed E-state index contributed by atoms with van der Waals surface area (Å²) < 4.78 is 0. The van der Waals surface area contributed by atoms with E-state index in [1.54, 1.807) is 0 Å². The highest BCUT2D eigenvalue weighted by Crippen LogP contribution is 2.45. The molecule has 1 amide bonds. The molecule has 2 N–H and O–H groups in total. The van der Waals surface area contributed by atoms with Gasteiger partial charge >= 0.3 is 0 Å². The fraction of sp³-hybridized carbons (Fsp3) is 0.455. The van der Waals surface area contributed by atoms with Gasteiger partial charge in [-0.15, -0.1) is 0 Å². The summed E-state index contributed by atoms with van der Waals surface area (Å²) in [6.45, 7) is 4.39. The number of benzene rings is 1. The SMILES string of the molecule is Cc1cc(C)nc(N2NC3NCC4C(=O)CC(c5ccccc5)CC4C3C2=O)n1. The van der Waals surface area contributed by atoms with Crippen LogP contribution >= 0.6 is 0 Å². The number of carbonyl (C=O) groups is 2. The molecule has 2 aromatic rings. The average molecular weight is 391 g/mol. The number of aryl methyl sites for hydroxylation is 2. The van der Waals surface area contributed by atoms with Crippen molar-refractivity contribution >= 4 is 17.6 Å². The van der Waals surface area contributed by atoms with Gasteiger partial charge in [0.25, 0.3) is 0 Å². The second-order valence-electron chi connectivity index (χ2n) is 8.45. The molecule has 1 aliphatic carbocycles. The van der Waals surface area contributed by atoms with Crippen LogP contribution in [0.3, 0.4) is 0 Å². The molecule has 5 atom stereocenters. The normalized spacial score (nSPS) is 31.5. The lowest BCUT2D eigenvalue weighted by Crippen LogP contribution is -2.57. The summed E-state index contributed by atoms with van der Waals surface area (Å²) in [4.78, 5) is 35.2. The van der Waals surface area contributed by atoms with Crippen molar-refractivity contribution in [2.75, 3.05) is 11.6 Å². The first kappa shape index (κ1) is 18.4. The summed E-state index contributed by atoms with van der Waals surface area (Å²) >= 11 is 0. The molecule has 7 nitrogen and oxygen atoms in total. The molecule has 7 heteroatoms. The zero-order valence-corrected chi connectivity index (χ0v) is 16.6. The van der Waals surface area contributed by atoms with Gasteiger partial charge in [0.15, 0.2) is 0 Å². The summed E-state index contributed by atoms with van der Waals surface area (Å²) in [7, 11) is 0. The van der Waals surface area contributed by atoms with E-state index < -0.39 is 0 Å². The highest BCUT2D eigenvalue weighted by Gasteiger charge is 2.54. The van der Waals surface area contributed by atoms with E-state index in [2.05, 4.69) is 32.8 Å². The van der Waals surface area contributed by atoms with E-state index in [0.717, 1.165) is 17.8 Å². The highest BCUT2D eigenvalue weighted by molar-refractivity contribution is 5.96. The van der Waals surface area contributed by atoms with Gasteiger partial charge in [0.1, 0.15) is 5.78 Å². The molecule has 29 heavy (non-hydrogen) atoms. The number of hydrogen-bond donors (Lipinski definition) is 2. The minimum Gasteiger partial charge on any atom is -0.299 e. The Bertz CT molecular complexity index is 943. The van der Waals surface area contributed by atoms with Crippen molar-refractivity contribution in [3.63, 3.8) is 0 Å². The van der Waals surface area contributed by atoms with Crippen LogP contribution in [0.25, 0.3) is 0 Å². The van der Waals surface area contributed by atoms with Crippen LogP contribution in [0.1, 0.15) is 35.7 Å².